The Morgan fingerprint density at radius 3 is 2.49 bits per heavy atom. The molecule has 12 nitrogen and oxygen atoms in total. The number of hydrogen-bond acceptors (Lipinski definition) is 9. The third-order valence-corrected chi connectivity index (χ3v) is 7.55. The average molecular weight is 519 g/mol. The summed E-state index contributed by atoms with van der Waals surface area (Å²) in [5.74, 6) is -0.0936. The van der Waals surface area contributed by atoms with Crippen molar-refractivity contribution in [3.8, 4) is 28.7 Å². The predicted octanol–water partition coefficient (Wildman–Crippen LogP) is 2.76. The number of sulfonamides is 1. The van der Waals surface area contributed by atoms with Crippen molar-refractivity contribution in [2.45, 2.75) is 25.0 Å². The summed E-state index contributed by atoms with van der Waals surface area (Å²) in [6, 6.07) is 6.36. The van der Waals surface area contributed by atoms with Crippen molar-refractivity contribution in [3.63, 3.8) is 0 Å². The van der Waals surface area contributed by atoms with Crippen molar-refractivity contribution in [1.82, 2.24) is 34.5 Å². The Morgan fingerprint density at radius 1 is 1.14 bits per heavy atom. The molecule has 3 heterocycles. The minimum Gasteiger partial charge on any atom is -0.506 e. The Labute approximate surface area is 206 Å². The molecule has 0 spiro atoms. The second kappa shape index (κ2) is 9.50. The van der Waals surface area contributed by atoms with Gasteiger partial charge in [0.15, 0.2) is 5.82 Å². The van der Waals surface area contributed by atoms with Crippen molar-refractivity contribution < 1.29 is 18.3 Å². The van der Waals surface area contributed by atoms with Crippen LogP contribution in [0.1, 0.15) is 25.6 Å². The van der Waals surface area contributed by atoms with Gasteiger partial charge >= 0.3 is 0 Å². The molecule has 2 N–H and O–H groups in total. The fourth-order valence-electron chi connectivity index (χ4n) is 3.42. The maximum atomic E-state index is 13.4. The number of methoxy groups -OCH3 is 1. The molecule has 3 aromatic heterocycles. The Bertz CT molecular complexity index is 1450. The third-order valence-electron chi connectivity index (χ3n) is 5.50. The molecule has 0 radical (unpaired) electrons. The van der Waals surface area contributed by atoms with Crippen LogP contribution in [0.4, 0.5) is 5.95 Å². The highest BCUT2D eigenvalue weighted by atomic mass is 35.5. The number of aromatic nitrogens is 7. The molecule has 0 amide bonds. The summed E-state index contributed by atoms with van der Waals surface area (Å²) in [5, 5.41) is 22.6. The van der Waals surface area contributed by atoms with Crippen LogP contribution in [0.25, 0.3) is 17.2 Å². The zero-order valence-corrected chi connectivity index (χ0v) is 20.9. The number of halogens is 1. The fraction of sp³-hybridized carbons (Fsp3) is 0.286. The maximum Gasteiger partial charge on any atom is 0.243 e. The maximum absolute atomic E-state index is 13.4. The lowest BCUT2D eigenvalue weighted by atomic mass is 10.1. The Morgan fingerprint density at radius 2 is 1.86 bits per heavy atom. The minimum atomic E-state index is -4.03. The van der Waals surface area contributed by atoms with Crippen LogP contribution in [-0.4, -0.2) is 60.4 Å². The molecule has 4 rings (SSSR count). The van der Waals surface area contributed by atoms with Gasteiger partial charge in [0.05, 0.1) is 17.4 Å². The first-order valence-electron chi connectivity index (χ1n) is 10.4. The van der Waals surface area contributed by atoms with Crippen molar-refractivity contribution >= 4 is 27.6 Å². The van der Waals surface area contributed by atoms with Crippen LogP contribution in [0.2, 0.25) is 5.02 Å². The summed E-state index contributed by atoms with van der Waals surface area (Å²) in [6.45, 7) is 3.23. The van der Waals surface area contributed by atoms with Crippen molar-refractivity contribution in [2.24, 2.45) is 7.05 Å². The number of anilines is 1. The van der Waals surface area contributed by atoms with E-state index in [2.05, 4.69) is 30.0 Å². The number of benzene rings is 1. The first-order chi connectivity index (χ1) is 16.6. The normalized spacial score (nSPS) is 13.4. The number of ether oxygens (including phenoxy) is 1. The van der Waals surface area contributed by atoms with E-state index in [-0.39, 0.29) is 29.0 Å². The van der Waals surface area contributed by atoms with E-state index in [0.29, 0.717) is 16.5 Å². The molecular weight excluding hydrogens is 496 g/mol. The van der Waals surface area contributed by atoms with Crippen LogP contribution in [0.15, 0.2) is 42.9 Å². The number of nitrogens with zero attached hydrogens (tertiary/aromatic N) is 7. The van der Waals surface area contributed by atoms with Crippen LogP contribution in [0.5, 0.6) is 11.5 Å². The van der Waals surface area contributed by atoms with E-state index < -0.39 is 21.2 Å². The largest absolute Gasteiger partial charge is 0.506 e. The number of phenolic OH excluding ortho intramolecular Hbond substituents is 1. The number of nitrogens with one attached hydrogen (secondary N) is 1. The molecule has 0 unspecified atom stereocenters. The molecule has 0 aliphatic rings. The third kappa shape index (κ3) is 4.77. The first-order valence-corrected chi connectivity index (χ1v) is 12.4. The quantitative estimate of drug-likeness (QED) is 0.359. The standard InChI is InChI=1S/C21H23ClN8O4S/c1-12(19-23-10-14(22)11-24-19)13(2)35(32,33)28-21-26-25-20(15-8-9-29(3)27-15)30(21)18-16(31)6-5-7-17(18)34-4/h5-13,31H,1-4H3,(H,26,28)/t12-,13-/m1/s1. The number of phenols is 1. The van der Waals surface area contributed by atoms with Crippen LogP contribution < -0.4 is 9.46 Å². The molecule has 0 saturated carbocycles. The monoisotopic (exact) mass is 518 g/mol. The number of hydrogen-bond donors (Lipinski definition) is 2. The average Bonchev–Trinajstić information content (AvgIpc) is 3.43. The summed E-state index contributed by atoms with van der Waals surface area (Å²) >= 11 is 5.85. The van der Waals surface area contributed by atoms with Gasteiger partial charge in [0.25, 0.3) is 0 Å². The lowest BCUT2D eigenvalue weighted by Gasteiger charge is -2.20. The van der Waals surface area contributed by atoms with E-state index in [9.17, 15) is 13.5 Å². The second-order valence-corrected chi connectivity index (χ2v) is 10.3. The summed E-state index contributed by atoms with van der Waals surface area (Å²) in [7, 11) is -0.866. The molecule has 184 valence electrons. The highest BCUT2D eigenvalue weighted by molar-refractivity contribution is 7.93. The zero-order chi connectivity index (χ0) is 25.3. The van der Waals surface area contributed by atoms with Gasteiger partial charge in [-0.25, -0.2) is 18.4 Å². The zero-order valence-electron chi connectivity index (χ0n) is 19.3. The van der Waals surface area contributed by atoms with Gasteiger partial charge in [-0.15, -0.1) is 10.2 Å². The highest BCUT2D eigenvalue weighted by Gasteiger charge is 2.32. The van der Waals surface area contributed by atoms with E-state index in [1.165, 1.54) is 37.1 Å². The fourth-order valence-corrected chi connectivity index (χ4v) is 4.75. The number of aromatic hydroxyl groups is 1. The number of para-hydroxylation sites is 1. The van der Waals surface area contributed by atoms with Gasteiger partial charge in [-0.05, 0) is 25.1 Å². The van der Waals surface area contributed by atoms with E-state index in [1.54, 1.807) is 43.0 Å². The molecule has 0 aliphatic carbocycles. The summed E-state index contributed by atoms with van der Waals surface area (Å²) < 4.78 is 37.6. The van der Waals surface area contributed by atoms with Gasteiger partial charge in [0.1, 0.15) is 28.7 Å². The van der Waals surface area contributed by atoms with E-state index in [1.807, 2.05) is 0 Å². The van der Waals surface area contributed by atoms with Gasteiger partial charge in [-0.3, -0.25) is 14.0 Å². The van der Waals surface area contributed by atoms with Crippen molar-refractivity contribution in [3.05, 3.63) is 53.7 Å². The smallest absolute Gasteiger partial charge is 0.243 e. The minimum absolute atomic E-state index is 0.151. The van der Waals surface area contributed by atoms with E-state index in [4.69, 9.17) is 16.3 Å². The molecular formula is C21H23ClN8O4S. The van der Waals surface area contributed by atoms with Crippen LogP contribution >= 0.6 is 11.6 Å². The lowest BCUT2D eigenvalue weighted by molar-refractivity contribution is 0.405. The van der Waals surface area contributed by atoms with Gasteiger partial charge in [0.2, 0.25) is 16.0 Å². The van der Waals surface area contributed by atoms with E-state index in [0.717, 1.165) is 0 Å². The molecule has 2 atom stereocenters. The summed E-state index contributed by atoms with van der Waals surface area (Å²) in [4.78, 5) is 8.27. The molecule has 0 saturated heterocycles. The van der Waals surface area contributed by atoms with Crippen LogP contribution in [0, 0.1) is 0 Å². The van der Waals surface area contributed by atoms with Crippen LogP contribution in [0.3, 0.4) is 0 Å². The van der Waals surface area contributed by atoms with Crippen molar-refractivity contribution in [2.75, 3.05) is 11.8 Å². The second-order valence-electron chi connectivity index (χ2n) is 7.79. The molecule has 4 aromatic rings. The molecule has 1 aromatic carbocycles. The van der Waals surface area contributed by atoms with E-state index >= 15 is 0 Å². The molecule has 14 heteroatoms. The Balaban J connectivity index is 1.79. The number of aryl methyl sites for hydroxylation is 1. The highest BCUT2D eigenvalue weighted by Crippen LogP contribution is 2.37. The molecule has 0 bridgehead atoms. The predicted molar refractivity (Wildman–Crippen MR) is 129 cm³/mol. The topological polar surface area (TPSA) is 150 Å². The number of rotatable bonds is 8. The Kier molecular flexibility index (Phi) is 6.63. The molecule has 0 aliphatic heterocycles. The SMILES string of the molecule is COc1cccc(O)c1-n1c(NS(=O)(=O)[C@H](C)[C@@H](C)c2ncc(Cl)cn2)nnc1-c1ccn(C)n1. The summed E-state index contributed by atoms with van der Waals surface area (Å²) in [5.41, 5.74) is 0.562. The Hall–Kier alpha value is -3.71. The molecule has 35 heavy (non-hydrogen) atoms. The van der Waals surface area contributed by atoms with Gasteiger partial charge < -0.3 is 9.84 Å². The first kappa shape index (κ1) is 24.4. The molecule has 0 fully saturated rings. The summed E-state index contributed by atoms with van der Waals surface area (Å²) in [6.07, 6.45) is 4.52. The van der Waals surface area contributed by atoms with Crippen molar-refractivity contribution in [1.29, 1.82) is 0 Å². The van der Waals surface area contributed by atoms with Gasteiger partial charge in [0, 0.05) is 31.6 Å². The lowest BCUT2D eigenvalue weighted by Crippen LogP contribution is -2.31. The van der Waals surface area contributed by atoms with Gasteiger partial charge in [-0.1, -0.05) is 24.6 Å². The van der Waals surface area contributed by atoms with Gasteiger partial charge in [-0.2, -0.15) is 5.10 Å². The van der Waals surface area contributed by atoms with Crippen LogP contribution in [-0.2, 0) is 17.1 Å².